The normalized spacial score (nSPS) is 9.29. The summed E-state index contributed by atoms with van der Waals surface area (Å²) < 4.78 is 5.34. The van der Waals surface area contributed by atoms with E-state index < -0.39 is 6.09 Å². The Morgan fingerprint density at radius 2 is 2.06 bits per heavy atom. The predicted octanol–water partition coefficient (Wildman–Crippen LogP) is 2.56. The Hall–Kier alpha value is -1.77. The molecule has 90 valence electrons. The number of hydrogen-bond donors (Lipinski definition) is 0. The van der Waals surface area contributed by atoms with Crippen molar-refractivity contribution < 1.29 is 14.3 Å². The molecule has 0 saturated carbocycles. The minimum atomic E-state index is -0.775. The van der Waals surface area contributed by atoms with Gasteiger partial charge in [0.15, 0.2) is 0 Å². The van der Waals surface area contributed by atoms with Crippen molar-refractivity contribution in [1.82, 2.24) is 4.42 Å². The first-order valence-corrected chi connectivity index (χ1v) is 5.43. The molecule has 0 spiro atoms. The number of benzene rings is 1. The Balaban J connectivity index is 2.74. The molecule has 0 atom stereocenters. The van der Waals surface area contributed by atoms with Gasteiger partial charge in [-0.05, 0) is 12.5 Å². The van der Waals surface area contributed by atoms with Crippen LogP contribution in [0.3, 0.4) is 0 Å². The molecule has 0 radical (unpaired) electrons. The smallest absolute Gasteiger partial charge is 0.429 e. The molecule has 0 bridgehead atoms. The van der Waals surface area contributed by atoms with E-state index >= 15 is 0 Å². The van der Waals surface area contributed by atoms with Crippen LogP contribution >= 0.6 is 11.8 Å². The van der Waals surface area contributed by atoms with Crippen molar-refractivity contribution in [2.24, 2.45) is 0 Å². The first-order chi connectivity index (χ1) is 8.19. The molecule has 0 aliphatic rings. The second kappa shape index (κ2) is 6.74. The molecule has 0 unspecified atom stereocenters. The summed E-state index contributed by atoms with van der Waals surface area (Å²) in [6.45, 7) is 1.85. The van der Waals surface area contributed by atoms with Gasteiger partial charge in [0, 0.05) is 18.2 Å². The van der Waals surface area contributed by atoms with E-state index in [1.807, 2.05) is 30.3 Å². The average Bonchev–Trinajstić information content (AvgIpc) is 2.36. The number of ether oxygens (including phenoxy) is 1. The van der Waals surface area contributed by atoms with Gasteiger partial charge in [-0.15, -0.1) is 0 Å². The summed E-state index contributed by atoms with van der Waals surface area (Å²) in [7, 11) is 0. The molecule has 17 heavy (non-hydrogen) atoms. The zero-order chi connectivity index (χ0) is 12.7. The van der Waals surface area contributed by atoms with Crippen molar-refractivity contribution >= 4 is 23.8 Å². The van der Waals surface area contributed by atoms with Crippen LogP contribution in [0.2, 0.25) is 0 Å². The lowest BCUT2D eigenvalue weighted by molar-refractivity contribution is 0.138. The minimum Gasteiger partial charge on any atom is -0.449 e. The van der Waals surface area contributed by atoms with Crippen LogP contribution in [0, 0.1) is 0 Å². The predicted molar refractivity (Wildman–Crippen MR) is 64.1 cm³/mol. The standard InChI is InChI=1S/C12H12ClNO3/c1-2-17-12(16)14(13)11(9-15)8-10-6-4-3-5-7-10/h3-7H,2,8H2,1H3. The molecule has 0 N–H and O–H groups in total. The molecule has 0 aliphatic carbocycles. The number of hydrogen-bond acceptors (Lipinski definition) is 3. The van der Waals surface area contributed by atoms with Crippen molar-refractivity contribution in [1.29, 1.82) is 0 Å². The zero-order valence-corrected chi connectivity index (χ0v) is 10.1. The third-order valence-corrected chi connectivity index (χ3v) is 2.34. The monoisotopic (exact) mass is 253 g/mol. The summed E-state index contributed by atoms with van der Waals surface area (Å²) in [5, 5.41) is 0. The lowest BCUT2D eigenvalue weighted by atomic mass is 10.1. The molecular weight excluding hydrogens is 242 g/mol. The van der Waals surface area contributed by atoms with Gasteiger partial charge in [0.2, 0.25) is 0 Å². The summed E-state index contributed by atoms with van der Waals surface area (Å²) in [5.74, 6) is 1.65. The molecule has 1 amide bonds. The Kier molecular flexibility index (Phi) is 5.27. The summed E-state index contributed by atoms with van der Waals surface area (Å²) >= 11 is 5.69. The van der Waals surface area contributed by atoms with E-state index in [4.69, 9.17) is 11.8 Å². The number of halogens is 1. The maximum Gasteiger partial charge on any atom is 0.429 e. The van der Waals surface area contributed by atoms with Crippen molar-refractivity contribution in [2.45, 2.75) is 13.3 Å². The van der Waals surface area contributed by atoms with Crippen LogP contribution in [-0.4, -0.2) is 23.1 Å². The highest BCUT2D eigenvalue weighted by Gasteiger charge is 2.18. The van der Waals surface area contributed by atoms with Gasteiger partial charge in [-0.1, -0.05) is 30.3 Å². The van der Waals surface area contributed by atoms with Crippen LogP contribution in [0.1, 0.15) is 12.5 Å². The Labute approximate surface area is 105 Å². The van der Waals surface area contributed by atoms with Crippen molar-refractivity contribution in [3.63, 3.8) is 0 Å². The molecule has 0 heterocycles. The van der Waals surface area contributed by atoms with Gasteiger partial charge in [-0.2, -0.15) is 4.42 Å². The highest BCUT2D eigenvalue weighted by molar-refractivity contribution is 6.22. The molecule has 0 saturated heterocycles. The van der Waals surface area contributed by atoms with Crippen LogP contribution in [0.4, 0.5) is 4.79 Å². The van der Waals surface area contributed by atoms with Crippen molar-refractivity contribution in [2.75, 3.05) is 6.61 Å². The number of carbonyl (C=O) groups is 1. The molecule has 5 heteroatoms. The first kappa shape index (κ1) is 13.3. The highest BCUT2D eigenvalue weighted by atomic mass is 35.5. The van der Waals surface area contributed by atoms with Gasteiger partial charge in [0.25, 0.3) is 0 Å². The van der Waals surface area contributed by atoms with Crippen LogP contribution in [0.15, 0.2) is 36.0 Å². The maximum absolute atomic E-state index is 11.3. The third kappa shape index (κ3) is 3.94. The molecule has 1 aromatic carbocycles. The lowest BCUT2D eigenvalue weighted by Gasteiger charge is -2.13. The fourth-order valence-electron chi connectivity index (χ4n) is 1.23. The molecule has 0 fully saturated rings. The van der Waals surface area contributed by atoms with Gasteiger partial charge in [-0.25, -0.2) is 9.59 Å². The van der Waals surface area contributed by atoms with E-state index in [1.54, 1.807) is 12.9 Å². The van der Waals surface area contributed by atoms with E-state index in [2.05, 4.69) is 4.74 Å². The Bertz CT molecular complexity index is 427. The van der Waals surface area contributed by atoms with Crippen LogP contribution < -0.4 is 0 Å². The van der Waals surface area contributed by atoms with Gasteiger partial charge in [0.05, 0.1) is 6.61 Å². The van der Waals surface area contributed by atoms with Crippen molar-refractivity contribution in [3.8, 4) is 0 Å². The molecule has 0 aliphatic heterocycles. The zero-order valence-electron chi connectivity index (χ0n) is 9.35. The van der Waals surface area contributed by atoms with Gasteiger partial charge in [-0.3, -0.25) is 0 Å². The second-order valence-electron chi connectivity index (χ2n) is 3.19. The quantitative estimate of drug-likeness (QED) is 0.612. The van der Waals surface area contributed by atoms with Crippen LogP contribution in [-0.2, 0) is 16.0 Å². The molecule has 1 rings (SSSR count). The van der Waals surface area contributed by atoms with E-state index in [0.717, 1.165) is 5.56 Å². The van der Waals surface area contributed by atoms with Gasteiger partial charge in [0.1, 0.15) is 11.6 Å². The Morgan fingerprint density at radius 1 is 1.41 bits per heavy atom. The number of nitrogens with zero attached hydrogens (tertiary/aromatic N) is 1. The lowest BCUT2D eigenvalue weighted by Crippen LogP contribution is -2.23. The highest BCUT2D eigenvalue weighted by Crippen LogP contribution is 2.13. The minimum absolute atomic E-state index is 0.0244. The van der Waals surface area contributed by atoms with Crippen LogP contribution in [0.5, 0.6) is 0 Å². The van der Waals surface area contributed by atoms with Gasteiger partial charge < -0.3 is 4.74 Å². The van der Waals surface area contributed by atoms with E-state index in [0.29, 0.717) is 4.42 Å². The number of carbonyl (C=O) groups excluding carboxylic acids is 2. The summed E-state index contributed by atoms with van der Waals surface area (Å²) in [6.07, 6.45) is -0.546. The van der Waals surface area contributed by atoms with Crippen molar-refractivity contribution in [3.05, 3.63) is 41.6 Å². The van der Waals surface area contributed by atoms with Gasteiger partial charge >= 0.3 is 6.09 Å². The number of rotatable bonds is 4. The average molecular weight is 254 g/mol. The summed E-state index contributed by atoms with van der Waals surface area (Å²) in [6, 6.07) is 9.18. The van der Waals surface area contributed by atoms with E-state index in [9.17, 15) is 9.59 Å². The second-order valence-corrected chi connectivity index (χ2v) is 3.53. The molecular formula is C12H12ClNO3. The fraction of sp³-hybridized carbons (Fsp3) is 0.250. The summed E-state index contributed by atoms with van der Waals surface area (Å²) in [4.78, 5) is 22.1. The molecule has 1 aromatic rings. The Morgan fingerprint density at radius 3 is 2.59 bits per heavy atom. The fourth-order valence-corrected chi connectivity index (χ4v) is 1.37. The largest absolute Gasteiger partial charge is 0.449 e. The maximum atomic E-state index is 11.3. The van der Waals surface area contributed by atoms with Crippen LogP contribution in [0.25, 0.3) is 0 Å². The summed E-state index contributed by atoms with van der Waals surface area (Å²) in [5.41, 5.74) is 0.886. The topological polar surface area (TPSA) is 46.6 Å². The third-order valence-electron chi connectivity index (χ3n) is 2.00. The number of allylic oxidation sites excluding steroid dienone is 1. The molecule has 0 aromatic heterocycles. The molecule has 4 nitrogen and oxygen atoms in total. The van der Waals surface area contributed by atoms with E-state index in [-0.39, 0.29) is 18.7 Å². The SMILES string of the molecule is CCOC(=O)N(Cl)C(=C=O)Cc1ccccc1. The van der Waals surface area contributed by atoms with E-state index in [1.165, 1.54) is 0 Å². The number of amides is 1. The first-order valence-electron chi connectivity index (χ1n) is 5.09.